The van der Waals surface area contributed by atoms with Crippen LogP contribution in [0.3, 0.4) is 0 Å². The van der Waals surface area contributed by atoms with Crippen LogP contribution in [0.5, 0.6) is 0 Å². The van der Waals surface area contributed by atoms with Crippen molar-refractivity contribution in [3.05, 3.63) is 35.4 Å². The van der Waals surface area contributed by atoms with Crippen molar-refractivity contribution < 1.29 is 14.6 Å². The molecule has 0 amide bonds. The second kappa shape index (κ2) is 5.72. The third kappa shape index (κ3) is 3.55. The second-order valence-electron chi connectivity index (χ2n) is 5.52. The zero-order valence-corrected chi connectivity index (χ0v) is 11.5. The molecule has 0 aliphatic carbocycles. The Bertz CT molecular complexity index is 435. The first-order chi connectivity index (χ1) is 9.00. The number of aliphatic carboxylic acids is 1. The average Bonchev–Trinajstić information content (AvgIpc) is 2.83. The number of nitrogens with one attached hydrogen (secondary N) is 1. The van der Waals surface area contributed by atoms with Gasteiger partial charge in [0.15, 0.2) is 0 Å². The van der Waals surface area contributed by atoms with Crippen LogP contribution in [0.15, 0.2) is 24.3 Å². The molecule has 0 radical (unpaired) electrons. The number of carboxylic acid groups (broad SMARTS) is 1. The highest BCUT2D eigenvalue weighted by Gasteiger charge is 2.28. The van der Waals surface area contributed by atoms with Crippen molar-refractivity contribution in [3.63, 3.8) is 0 Å². The summed E-state index contributed by atoms with van der Waals surface area (Å²) >= 11 is 0. The van der Waals surface area contributed by atoms with E-state index < -0.39 is 11.9 Å². The fraction of sp³-hybridized carbons (Fsp3) is 0.533. The molecule has 1 heterocycles. The maximum Gasteiger partial charge on any atom is 0.310 e. The van der Waals surface area contributed by atoms with Crippen molar-refractivity contribution in [1.82, 2.24) is 5.32 Å². The van der Waals surface area contributed by atoms with Gasteiger partial charge in [0.1, 0.15) is 0 Å². The van der Waals surface area contributed by atoms with Crippen LogP contribution in [0.1, 0.15) is 37.3 Å². The molecule has 4 nitrogen and oxygen atoms in total. The molecule has 1 aliphatic heterocycles. The summed E-state index contributed by atoms with van der Waals surface area (Å²) < 4.78 is 5.40. The molecular formula is C15H21NO3. The van der Waals surface area contributed by atoms with Gasteiger partial charge in [-0.2, -0.15) is 0 Å². The van der Waals surface area contributed by atoms with Crippen LogP contribution >= 0.6 is 0 Å². The third-order valence-corrected chi connectivity index (χ3v) is 3.79. The highest BCUT2D eigenvalue weighted by atomic mass is 16.5. The van der Waals surface area contributed by atoms with Crippen molar-refractivity contribution in [2.75, 3.05) is 13.2 Å². The van der Waals surface area contributed by atoms with Crippen LogP contribution in [-0.4, -0.2) is 29.8 Å². The molecule has 4 heteroatoms. The zero-order chi connectivity index (χ0) is 13.9. The van der Waals surface area contributed by atoms with E-state index in [-0.39, 0.29) is 5.54 Å². The van der Waals surface area contributed by atoms with E-state index in [1.54, 1.807) is 6.92 Å². The Morgan fingerprint density at radius 3 is 2.68 bits per heavy atom. The standard InChI is InChI=1S/C15H21NO3/c1-11(14(17)18)13-5-3-12(4-6-13)9-16-15(2)7-8-19-10-15/h3-6,11,16H,7-10H2,1-2H3,(H,17,18). The van der Waals surface area contributed by atoms with Crippen molar-refractivity contribution in [3.8, 4) is 0 Å². The Balaban J connectivity index is 1.93. The van der Waals surface area contributed by atoms with E-state index in [4.69, 9.17) is 9.84 Å². The number of ether oxygens (including phenoxy) is 1. The summed E-state index contributed by atoms with van der Waals surface area (Å²) in [7, 11) is 0. The van der Waals surface area contributed by atoms with Crippen LogP contribution in [0, 0.1) is 0 Å². The third-order valence-electron chi connectivity index (χ3n) is 3.79. The van der Waals surface area contributed by atoms with Crippen molar-refractivity contribution in [2.24, 2.45) is 0 Å². The van der Waals surface area contributed by atoms with Gasteiger partial charge in [0.2, 0.25) is 0 Å². The largest absolute Gasteiger partial charge is 0.481 e. The molecule has 19 heavy (non-hydrogen) atoms. The van der Waals surface area contributed by atoms with Crippen LogP contribution < -0.4 is 5.32 Å². The van der Waals surface area contributed by atoms with Gasteiger partial charge in [-0.05, 0) is 31.4 Å². The molecule has 0 saturated carbocycles. The van der Waals surface area contributed by atoms with E-state index in [2.05, 4.69) is 12.2 Å². The first kappa shape index (κ1) is 14.0. The predicted octanol–water partition coefficient (Wildman–Crippen LogP) is 2.14. The van der Waals surface area contributed by atoms with Gasteiger partial charge in [0.25, 0.3) is 0 Å². The molecule has 0 spiro atoms. The molecule has 1 fully saturated rings. The number of rotatable bonds is 5. The first-order valence-electron chi connectivity index (χ1n) is 6.65. The van der Waals surface area contributed by atoms with E-state index in [1.807, 2.05) is 24.3 Å². The fourth-order valence-corrected chi connectivity index (χ4v) is 2.19. The molecule has 1 aromatic carbocycles. The molecule has 1 saturated heterocycles. The maximum absolute atomic E-state index is 10.9. The van der Waals surface area contributed by atoms with Crippen molar-refractivity contribution >= 4 is 5.97 Å². The van der Waals surface area contributed by atoms with E-state index in [1.165, 1.54) is 0 Å². The average molecular weight is 263 g/mol. The lowest BCUT2D eigenvalue weighted by Gasteiger charge is -2.23. The number of hydrogen-bond donors (Lipinski definition) is 2. The van der Waals surface area contributed by atoms with Gasteiger partial charge < -0.3 is 15.2 Å². The van der Waals surface area contributed by atoms with Crippen LogP contribution in [-0.2, 0) is 16.1 Å². The lowest BCUT2D eigenvalue weighted by atomic mass is 9.99. The summed E-state index contributed by atoms with van der Waals surface area (Å²) in [5, 5.41) is 12.5. The van der Waals surface area contributed by atoms with E-state index in [0.717, 1.165) is 37.3 Å². The van der Waals surface area contributed by atoms with Gasteiger partial charge in [-0.25, -0.2) is 0 Å². The van der Waals surface area contributed by atoms with E-state index in [0.29, 0.717) is 0 Å². The summed E-state index contributed by atoms with van der Waals surface area (Å²) in [4.78, 5) is 10.9. The molecule has 104 valence electrons. The lowest BCUT2D eigenvalue weighted by Crippen LogP contribution is -2.42. The first-order valence-corrected chi connectivity index (χ1v) is 6.65. The van der Waals surface area contributed by atoms with Gasteiger partial charge in [0, 0.05) is 18.7 Å². The fourth-order valence-electron chi connectivity index (χ4n) is 2.19. The molecule has 2 atom stereocenters. The zero-order valence-electron chi connectivity index (χ0n) is 11.5. The number of hydrogen-bond acceptors (Lipinski definition) is 3. The van der Waals surface area contributed by atoms with E-state index >= 15 is 0 Å². The smallest absolute Gasteiger partial charge is 0.310 e. The molecule has 1 aliphatic rings. The van der Waals surface area contributed by atoms with Crippen molar-refractivity contribution in [2.45, 2.75) is 38.3 Å². The minimum absolute atomic E-state index is 0.0625. The quantitative estimate of drug-likeness (QED) is 0.854. The maximum atomic E-state index is 10.9. The minimum Gasteiger partial charge on any atom is -0.481 e. The molecule has 0 aromatic heterocycles. The molecule has 2 rings (SSSR count). The highest BCUT2D eigenvalue weighted by Crippen LogP contribution is 2.19. The lowest BCUT2D eigenvalue weighted by molar-refractivity contribution is -0.138. The SMILES string of the molecule is CC(C(=O)O)c1ccc(CNC2(C)CCOC2)cc1. The van der Waals surface area contributed by atoms with Crippen LogP contribution in [0.2, 0.25) is 0 Å². The predicted molar refractivity (Wildman–Crippen MR) is 73.2 cm³/mol. The van der Waals surface area contributed by atoms with Crippen molar-refractivity contribution in [1.29, 1.82) is 0 Å². The topological polar surface area (TPSA) is 58.6 Å². The molecule has 1 aromatic rings. The Morgan fingerprint density at radius 2 is 2.16 bits per heavy atom. The van der Waals surface area contributed by atoms with Gasteiger partial charge >= 0.3 is 5.97 Å². The van der Waals surface area contributed by atoms with Gasteiger partial charge in [-0.3, -0.25) is 4.79 Å². The molecular weight excluding hydrogens is 242 g/mol. The summed E-state index contributed by atoms with van der Waals surface area (Å²) in [5.74, 6) is -1.25. The van der Waals surface area contributed by atoms with Crippen LogP contribution in [0.25, 0.3) is 0 Å². The Hall–Kier alpha value is -1.39. The summed E-state index contributed by atoms with van der Waals surface area (Å²) in [6, 6.07) is 7.76. The second-order valence-corrected chi connectivity index (χ2v) is 5.52. The normalized spacial score (nSPS) is 24.3. The minimum atomic E-state index is -0.790. The number of carboxylic acids is 1. The molecule has 2 unspecified atom stereocenters. The Kier molecular flexibility index (Phi) is 4.22. The monoisotopic (exact) mass is 263 g/mol. The van der Waals surface area contributed by atoms with Crippen LogP contribution in [0.4, 0.5) is 0 Å². The summed E-state index contributed by atoms with van der Waals surface area (Å²) in [6.07, 6.45) is 1.03. The summed E-state index contributed by atoms with van der Waals surface area (Å²) in [5.41, 5.74) is 2.06. The molecule has 2 N–H and O–H groups in total. The Labute approximate surface area is 113 Å². The van der Waals surface area contributed by atoms with Gasteiger partial charge in [-0.15, -0.1) is 0 Å². The van der Waals surface area contributed by atoms with Gasteiger partial charge in [-0.1, -0.05) is 24.3 Å². The number of benzene rings is 1. The highest BCUT2D eigenvalue weighted by molar-refractivity contribution is 5.75. The van der Waals surface area contributed by atoms with E-state index in [9.17, 15) is 4.79 Å². The summed E-state index contributed by atoms with van der Waals surface area (Å²) in [6.45, 7) is 6.22. The number of carbonyl (C=O) groups is 1. The van der Waals surface area contributed by atoms with Gasteiger partial charge in [0.05, 0.1) is 12.5 Å². The molecule has 0 bridgehead atoms. The Morgan fingerprint density at radius 1 is 1.47 bits per heavy atom.